The van der Waals surface area contributed by atoms with Gasteiger partial charge in [0.25, 0.3) is 0 Å². The first-order valence-corrected chi connectivity index (χ1v) is 6.64. The second-order valence-corrected chi connectivity index (χ2v) is 4.78. The Labute approximate surface area is 152 Å². The Morgan fingerprint density at radius 3 is 2.24 bits per heavy atom. The molecule has 2 heterocycles. The van der Waals surface area contributed by atoms with Crippen LogP contribution in [0.4, 0.5) is 0 Å². The molecule has 21 heavy (non-hydrogen) atoms. The zero-order valence-corrected chi connectivity index (χ0v) is 15.9. The predicted molar refractivity (Wildman–Crippen MR) is 77.8 cm³/mol. The van der Waals surface area contributed by atoms with E-state index in [2.05, 4.69) is 35.2 Å². The Hall–Kier alpha value is -0.266. The van der Waals surface area contributed by atoms with Crippen LogP contribution in [0.25, 0.3) is 0 Å². The number of allylic oxidation sites excluding steroid dienone is 2. The number of amides is 1. The fraction of sp³-hybridized carbons (Fsp3) is 0.643. The Bertz CT molecular complexity index is 316. The quantitative estimate of drug-likeness (QED) is 0.412. The molecule has 2 aliphatic heterocycles. The maximum atomic E-state index is 10.1. The van der Waals surface area contributed by atoms with Gasteiger partial charge in [-0.2, -0.15) is 0 Å². The summed E-state index contributed by atoms with van der Waals surface area (Å²) in [7, 11) is 3.22. The summed E-state index contributed by atoms with van der Waals surface area (Å²) in [5.41, 5.74) is 1.43. The van der Waals surface area contributed by atoms with Gasteiger partial charge in [-0.3, -0.25) is 10.1 Å². The fourth-order valence-electron chi connectivity index (χ4n) is 1.84. The van der Waals surface area contributed by atoms with Gasteiger partial charge in [-0.25, -0.2) is 4.89 Å². The number of piperidine rings is 1. The van der Waals surface area contributed by atoms with Crippen LogP contribution in [-0.4, -0.2) is 59.9 Å². The van der Waals surface area contributed by atoms with Crippen molar-refractivity contribution in [3.05, 3.63) is 24.0 Å². The second-order valence-electron chi connectivity index (χ2n) is 4.78. The first-order chi connectivity index (χ1) is 9.53. The van der Waals surface area contributed by atoms with Crippen molar-refractivity contribution in [2.45, 2.75) is 32.3 Å². The van der Waals surface area contributed by atoms with Crippen molar-refractivity contribution in [3.63, 3.8) is 0 Å². The van der Waals surface area contributed by atoms with Gasteiger partial charge in [-0.05, 0) is 32.4 Å². The smallest absolute Gasteiger partial charge is 0.209 e. The third-order valence-electron chi connectivity index (χ3n) is 2.85. The minimum atomic E-state index is -0.179. The Morgan fingerprint density at radius 2 is 1.90 bits per heavy atom. The van der Waals surface area contributed by atoms with Gasteiger partial charge in [-0.1, -0.05) is 11.6 Å². The average Bonchev–Trinajstić information content (AvgIpc) is 2.41. The molecule has 0 aromatic heterocycles. The van der Waals surface area contributed by atoms with Crippen LogP contribution in [0.5, 0.6) is 0 Å². The number of nitrogens with zero attached hydrogens (tertiary/aromatic N) is 2. The molecule has 2 rings (SSSR count). The zero-order chi connectivity index (χ0) is 15.4. The van der Waals surface area contributed by atoms with E-state index in [-0.39, 0.29) is 38.8 Å². The number of likely N-dealkylation sites (tertiary alicyclic amines) is 1. The number of rotatable bonds is 1. The van der Waals surface area contributed by atoms with E-state index < -0.39 is 0 Å². The van der Waals surface area contributed by atoms with Crippen molar-refractivity contribution in [1.82, 2.24) is 9.80 Å². The molecule has 2 N–H and O–H groups in total. The van der Waals surface area contributed by atoms with E-state index in [9.17, 15) is 4.79 Å². The summed E-state index contributed by atoms with van der Waals surface area (Å²) >= 11 is 0. The third kappa shape index (κ3) is 13.1. The molecule has 0 aromatic rings. The molecule has 7 heteroatoms. The largest absolute Gasteiger partial charge is 0.393 e. The van der Waals surface area contributed by atoms with Crippen LogP contribution in [0.1, 0.15) is 26.2 Å². The molecule has 0 bridgehead atoms. The van der Waals surface area contributed by atoms with Crippen LogP contribution < -0.4 is 0 Å². The van der Waals surface area contributed by atoms with Crippen molar-refractivity contribution < 1.29 is 52.8 Å². The van der Waals surface area contributed by atoms with Crippen LogP contribution in [0.15, 0.2) is 24.0 Å². The Kier molecular flexibility index (Phi) is 16.1. The second kappa shape index (κ2) is 14.7. The van der Waals surface area contributed by atoms with Gasteiger partial charge in [-0.15, -0.1) is 0 Å². The maximum Gasteiger partial charge on any atom is 0.209 e. The van der Waals surface area contributed by atoms with Gasteiger partial charge < -0.3 is 14.9 Å². The van der Waals surface area contributed by atoms with Crippen LogP contribution in [0.3, 0.4) is 0 Å². The first-order valence-electron chi connectivity index (χ1n) is 6.64. The molecule has 1 amide bonds. The molecule has 0 atom stereocenters. The molecule has 1 fully saturated rings. The molecule has 0 unspecified atom stereocenters. The minimum Gasteiger partial charge on any atom is -0.393 e. The average molecular weight is 375 g/mol. The van der Waals surface area contributed by atoms with E-state index in [4.69, 9.17) is 10.4 Å². The molecule has 0 saturated carbocycles. The van der Waals surface area contributed by atoms with E-state index in [1.807, 2.05) is 7.05 Å². The monoisotopic (exact) mass is 375 g/mol. The van der Waals surface area contributed by atoms with E-state index in [0.717, 1.165) is 25.7 Å². The summed E-state index contributed by atoms with van der Waals surface area (Å²) < 4.78 is 0. The minimum absolute atomic E-state index is 0. The SMILES string of the molecule is CC1=CN(C)C=CC1.COO.O=CN1CCC(O)CC1.[Y]. The van der Waals surface area contributed by atoms with E-state index in [0.29, 0.717) is 13.1 Å². The standard InChI is InChI=1S/C7H11N.C6H11NO2.CH4O2.Y/c1-7-4-3-5-8(2)6-7;8-5-7-3-1-6(9)2-4-7;1-3-2;/h3,5-6H,4H2,1-2H3;5-6,9H,1-4H2;2H,1H3;. The number of aliphatic hydroxyl groups excluding tert-OH is 1. The van der Waals surface area contributed by atoms with Gasteiger partial charge >= 0.3 is 0 Å². The molecule has 0 aromatic carbocycles. The normalized spacial score (nSPS) is 17.5. The van der Waals surface area contributed by atoms with E-state index >= 15 is 0 Å². The van der Waals surface area contributed by atoms with E-state index in [1.54, 1.807) is 4.90 Å². The molecule has 0 aliphatic carbocycles. The van der Waals surface area contributed by atoms with Gasteiger partial charge in [0, 0.05) is 59.0 Å². The van der Waals surface area contributed by atoms with Crippen LogP contribution in [0, 0.1) is 0 Å². The summed E-state index contributed by atoms with van der Waals surface area (Å²) in [4.78, 5) is 17.1. The molecule has 1 radical (unpaired) electrons. The predicted octanol–water partition coefficient (Wildman–Crippen LogP) is 1.44. The molecule has 0 spiro atoms. The summed E-state index contributed by atoms with van der Waals surface area (Å²) in [5.74, 6) is 0. The van der Waals surface area contributed by atoms with Crippen LogP contribution in [-0.2, 0) is 42.4 Å². The van der Waals surface area contributed by atoms with Crippen molar-refractivity contribution in [1.29, 1.82) is 0 Å². The fourth-order valence-corrected chi connectivity index (χ4v) is 1.84. The van der Waals surface area contributed by atoms with Crippen molar-refractivity contribution in [2.24, 2.45) is 0 Å². The summed E-state index contributed by atoms with van der Waals surface area (Å²) in [6.07, 6.45) is 9.62. The molecule has 2 aliphatic rings. The summed E-state index contributed by atoms with van der Waals surface area (Å²) in [6.45, 7) is 3.56. The maximum absolute atomic E-state index is 10.1. The molecule has 119 valence electrons. The summed E-state index contributed by atoms with van der Waals surface area (Å²) in [6, 6.07) is 0. The van der Waals surface area contributed by atoms with E-state index in [1.165, 1.54) is 12.7 Å². The number of carbonyl (C=O) groups excluding carboxylic acids is 1. The Morgan fingerprint density at radius 1 is 1.38 bits per heavy atom. The number of carbonyl (C=O) groups is 1. The zero-order valence-electron chi connectivity index (χ0n) is 13.1. The van der Waals surface area contributed by atoms with Crippen molar-refractivity contribution in [3.8, 4) is 0 Å². The molecule has 1 saturated heterocycles. The summed E-state index contributed by atoms with van der Waals surface area (Å²) in [5, 5.41) is 16.0. The van der Waals surface area contributed by atoms with Gasteiger partial charge in [0.1, 0.15) is 0 Å². The Balaban J connectivity index is 0. The number of hydrogen-bond acceptors (Lipinski definition) is 5. The molecule has 6 nitrogen and oxygen atoms in total. The van der Waals surface area contributed by atoms with Gasteiger partial charge in [0.2, 0.25) is 6.41 Å². The molecular formula is C14H26N2O4Y. The first kappa shape index (κ1) is 23.0. The number of hydrogen-bond donors (Lipinski definition) is 2. The van der Waals surface area contributed by atoms with Gasteiger partial charge in [0.15, 0.2) is 0 Å². The topological polar surface area (TPSA) is 73.2 Å². The van der Waals surface area contributed by atoms with Crippen molar-refractivity contribution in [2.75, 3.05) is 27.2 Å². The molecular weight excluding hydrogens is 349 g/mol. The van der Waals surface area contributed by atoms with Crippen LogP contribution in [0.2, 0.25) is 0 Å². The van der Waals surface area contributed by atoms with Gasteiger partial charge in [0.05, 0.1) is 13.2 Å². The third-order valence-corrected chi connectivity index (χ3v) is 2.85. The van der Waals surface area contributed by atoms with Crippen molar-refractivity contribution >= 4 is 6.41 Å². The van der Waals surface area contributed by atoms with Crippen LogP contribution >= 0.6 is 0 Å². The number of aliphatic hydroxyl groups is 1.